The zero-order chi connectivity index (χ0) is 24.7. The fraction of sp³-hybridized carbons (Fsp3) is 0.414. The Hall–Kier alpha value is -3.29. The molecule has 0 aliphatic carbocycles. The Morgan fingerprint density at radius 3 is 2.53 bits per heavy atom. The molecule has 1 aliphatic heterocycles. The Labute approximate surface area is 213 Å². The SMILES string of the molecule is CCCN(CCC)c1cc(OCCN2CCOCC2)cc(Nc2ccc3oc4ccccc4c3c2)n1. The van der Waals surface area contributed by atoms with Crippen molar-refractivity contribution in [2.45, 2.75) is 26.7 Å². The summed E-state index contributed by atoms with van der Waals surface area (Å²) < 4.78 is 17.7. The average molecular weight is 489 g/mol. The molecule has 36 heavy (non-hydrogen) atoms. The first-order valence-corrected chi connectivity index (χ1v) is 13.1. The number of ether oxygens (including phenoxy) is 2. The molecule has 2 aromatic carbocycles. The molecule has 0 saturated carbocycles. The zero-order valence-corrected chi connectivity index (χ0v) is 21.3. The Kier molecular flexibility index (Phi) is 7.88. The van der Waals surface area contributed by atoms with Crippen molar-refractivity contribution in [1.29, 1.82) is 0 Å². The van der Waals surface area contributed by atoms with Crippen LogP contribution in [-0.4, -0.2) is 62.4 Å². The van der Waals surface area contributed by atoms with Gasteiger partial charge in [-0.25, -0.2) is 4.98 Å². The molecule has 3 heterocycles. The van der Waals surface area contributed by atoms with E-state index < -0.39 is 0 Å². The van der Waals surface area contributed by atoms with Crippen molar-refractivity contribution in [2.75, 3.05) is 62.8 Å². The third kappa shape index (κ3) is 5.74. The minimum absolute atomic E-state index is 0.636. The molecule has 1 saturated heterocycles. The number of hydrogen-bond acceptors (Lipinski definition) is 7. The number of aromatic nitrogens is 1. The van der Waals surface area contributed by atoms with Crippen molar-refractivity contribution < 1.29 is 13.9 Å². The highest BCUT2D eigenvalue weighted by atomic mass is 16.5. The number of nitrogens with one attached hydrogen (secondary N) is 1. The molecule has 0 amide bonds. The van der Waals surface area contributed by atoms with Gasteiger partial charge in [0.25, 0.3) is 0 Å². The number of anilines is 3. The molecule has 1 fully saturated rings. The molecule has 1 N–H and O–H groups in total. The number of pyridine rings is 1. The highest BCUT2D eigenvalue weighted by Crippen LogP contribution is 2.32. The molecular formula is C29H36N4O3. The number of fused-ring (bicyclic) bond motifs is 3. The summed E-state index contributed by atoms with van der Waals surface area (Å²) in [5.41, 5.74) is 2.75. The fourth-order valence-electron chi connectivity index (χ4n) is 4.75. The lowest BCUT2D eigenvalue weighted by molar-refractivity contribution is 0.0322. The molecule has 0 unspecified atom stereocenters. The summed E-state index contributed by atoms with van der Waals surface area (Å²) >= 11 is 0. The van der Waals surface area contributed by atoms with E-state index in [0.29, 0.717) is 6.61 Å². The molecule has 7 nitrogen and oxygen atoms in total. The molecular weight excluding hydrogens is 452 g/mol. The van der Waals surface area contributed by atoms with Gasteiger partial charge in [-0.1, -0.05) is 32.0 Å². The van der Waals surface area contributed by atoms with E-state index >= 15 is 0 Å². The van der Waals surface area contributed by atoms with Crippen LogP contribution < -0.4 is 15.0 Å². The summed E-state index contributed by atoms with van der Waals surface area (Å²) in [4.78, 5) is 9.70. The number of benzene rings is 2. The number of furan rings is 1. The van der Waals surface area contributed by atoms with Gasteiger partial charge in [-0.3, -0.25) is 4.90 Å². The molecule has 0 spiro atoms. The van der Waals surface area contributed by atoms with Crippen molar-refractivity contribution in [2.24, 2.45) is 0 Å². The van der Waals surface area contributed by atoms with E-state index in [1.165, 1.54) is 0 Å². The summed E-state index contributed by atoms with van der Waals surface area (Å²) in [6, 6.07) is 18.4. The van der Waals surface area contributed by atoms with Crippen LogP contribution in [-0.2, 0) is 4.74 Å². The standard InChI is InChI=1S/C29H36N4O3/c1-3-11-33(12-4-2)29-21-23(35-18-15-32-13-16-34-17-14-32)20-28(31-29)30-22-9-10-27-25(19-22)24-7-5-6-8-26(24)36-27/h5-10,19-21H,3-4,11-18H2,1-2H3,(H,30,31). The van der Waals surface area contributed by atoms with Gasteiger partial charge >= 0.3 is 0 Å². The largest absolute Gasteiger partial charge is 0.492 e. The second kappa shape index (κ2) is 11.6. The van der Waals surface area contributed by atoms with E-state index in [2.05, 4.69) is 47.2 Å². The maximum atomic E-state index is 6.25. The summed E-state index contributed by atoms with van der Waals surface area (Å²) in [5.74, 6) is 2.56. The van der Waals surface area contributed by atoms with Crippen LogP contribution in [0.3, 0.4) is 0 Å². The lowest BCUT2D eigenvalue weighted by Crippen LogP contribution is -2.38. The van der Waals surface area contributed by atoms with E-state index in [-0.39, 0.29) is 0 Å². The van der Waals surface area contributed by atoms with Gasteiger partial charge in [0, 0.05) is 61.3 Å². The monoisotopic (exact) mass is 488 g/mol. The Morgan fingerprint density at radius 1 is 0.944 bits per heavy atom. The van der Waals surface area contributed by atoms with Gasteiger partial charge in [0.15, 0.2) is 0 Å². The van der Waals surface area contributed by atoms with Crippen LogP contribution >= 0.6 is 0 Å². The predicted octanol–water partition coefficient (Wildman–Crippen LogP) is 6.06. The summed E-state index contributed by atoms with van der Waals surface area (Å²) in [5, 5.41) is 5.73. The van der Waals surface area contributed by atoms with Crippen molar-refractivity contribution in [3.63, 3.8) is 0 Å². The van der Waals surface area contributed by atoms with Gasteiger partial charge in [-0.05, 0) is 37.1 Å². The normalized spacial score (nSPS) is 14.4. The Morgan fingerprint density at radius 2 is 1.72 bits per heavy atom. The molecule has 2 aromatic heterocycles. The lowest BCUT2D eigenvalue weighted by Gasteiger charge is -2.27. The molecule has 0 atom stereocenters. The van der Waals surface area contributed by atoms with Gasteiger partial charge in [-0.2, -0.15) is 0 Å². The highest BCUT2D eigenvalue weighted by molar-refractivity contribution is 6.06. The summed E-state index contributed by atoms with van der Waals surface area (Å²) in [7, 11) is 0. The second-order valence-corrected chi connectivity index (χ2v) is 9.27. The topological polar surface area (TPSA) is 63.0 Å². The molecule has 0 bridgehead atoms. The van der Waals surface area contributed by atoms with Crippen LogP contribution in [0.4, 0.5) is 17.3 Å². The maximum absolute atomic E-state index is 6.25. The van der Waals surface area contributed by atoms with Crippen molar-refractivity contribution >= 4 is 39.3 Å². The third-order valence-electron chi connectivity index (χ3n) is 6.53. The summed E-state index contributed by atoms with van der Waals surface area (Å²) in [6.07, 6.45) is 2.13. The van der Waals surface area contributed by atoms with Crippen LogP contribution in [0.1, 0.15) is 26.7 Å². The van der Waals surface area contributed by atoms with Gasteiger partial charge in [0.05, 0.1) is 13.2 Å². The molecule has 1 aliphatic rings. The van der Waals surface area contributed by atoms with Crippen LogP contribution in [0.5, 0.6) is 5.75 Å². The number of hydrogen-bond donors (Lipinski definition) is 1. The molecule has 0 radical (unpaired) electrons. The number of morpholine rings is 1. The van der Waals surface area contributed by atoms with Crippen LogP contribution in [0.2, 0.25) is 0 Å². The van der Waals surface area contributed by atoms with Gasteiger partial charge in [0.2, 0.25) is 0 Å². The van der Waals surface area contributed by atoms with Gasteiger partial charge in [-0.15, -0.1) is 0 Å². The predicted molar refractivity (Wildman–Crippen MR) is 147 cm³/mol. The smallest absolute Gasteiger partial charge is 0.136 e. The lowest BCUT2D eigenvalue weighted by atomic mass is 10.1. The average Bonchev–Trinajstić information content (AvgIpc) is 3.27. The first-order chi connectivity index (χ1) is 17.7. The van der Waals surface area contributed by atoms with E-state index in [0.717, 1.165) is 104 Å². The zero-order valence-electron chi connectivity index (χ0n) is 21.3. The number of rotatable bonds is 11. The minimum atomic E-state index is 0.636. The number of nitrogens with zero attached hydrogens (tertiary/aromatic N) is 3. The molecule has 190 valence electrons. The van der Waals surface area contributed by atoms with Crippen molar-refractivity contribution in [1.82, 2.24) is 9.88 Å². The molecule has 5 rings (SSSR count). The van der Waals surface area contributed by atoms with E-state index in [9.17, 15) is 0 Å². The Balaban J connectivity index is 1.39. The Bertz CT molecular complexity index is 1280. The summed E-state index contributed by atoms with van der Waals surface area (Å²) in [6.45, 7) is 11.4. The van der Waals surface area contributed by atoms with Gasteiger partial charge in [0.1, 0.15) is 35.2 Å². The van der Waals surface area contributed by atoms with Crippen LogP contribution in [0.15, 0.2) is 59.0 Å². The number of para-hydroxylation sites is 1. The fourth-order valence-corrected chi connectivity index (χ4v) is 4.75. The van der Waals surface area contributed by atoms with E-state index in [1.807, 2.05) is 36.4 Å². The van der Waals surface area contributed by atoms with Gasteiger partial charge < -0.3 is 24.1 Å². The van der Waals surface area contributed by atoms with E-state index in [1.54, 1.807) is 0 Å². The first-order valence-electron chi connectivity index (χ1n) is 13.1. The molecule has 4 aromatic rings. The minimum Gasteiger partial charge on any atom is -0.492 e. The van der Waals surface area contributed by atoms with Crippen LogP contribution in [0, 0.1) is 0 Å². The van der Waals surface area contributed by atoms with Crippen molar-refractivity contribution in [3.8, 4) is 5.75 Å². The maximum Gasteiger partial charge on any atom is 0.136 e. The van der Waals surface area contributed by atoms with Crippen molar-refractivity contribution in [3.05, 3.63) is 54.6 Å². The quantitative estimate of drug-likeness (QED) is 0.275. The van der Waals surface area contributed by atoms with Crippen LogP contribution in [0.25, 0.3) is 21.9 Å². The third-order valence-corrected chi connectivity index (χ3v) is 6.53. The van der Waals surface area contributed by atoms with E-state index in [4.69, 9.17) is 18.9 Å². The molecule has 7 heteroatoms. The highest BCUT2D eigenvalue weighted by Gasteiger charge is 2.14. The second-order valence-electron chi connectivity index (χ2n) is 9.27. The first kappa shape index (κ1) is 24.4.